The zero-order valence-corrected chi connectivity index (χ0v) is 8.42. The summed E-state index contributed by atoms with van der Waals surface area (Å²) in [6, 6.07) is 7.04. The Morgan fingerprint density at radius 3 is 3.14 bits per heavy atom. The van der Waals surface area contributed by atoms with Gasteiger partial charge >= 0.3 is 0 Å². The van der Waals surface area contributed by atoms with Crippen LogP contribution in [-0.4, -0.2) is 13.2 Å². The van der Waals surface area contributed by atoms with Gasteiger partial charge in [-0.3, -0.25) is 0 Å². The van der Waals surface area contributed by atoms with Crippen molar-refractivity contribution in [1.82, 2.24) is 0 Å². The van der Waals surface area contributed by atoms with Gasteiger partial charge in [-0.25, -0.2) is 0 Å². The molecule has 1 aromatic carbocycles. The van der Waals surface area contributed by atoms with Gasteiger partial charge in [0.2, 0.25) is 0 Å². The second-order valence-electron chi connectivity index (χ2n) is 4.21. The molecule has 1 fully saturated rings. The van der Waals surface area contributed by atoms with Gasteiger partial charge in [0.25, 0.3) is 0 Å². The van der Waals surface area contributed by atoms with E-state index in [1.807, 2.05) is 6.07 Å². The Bertz CT molecular complexity index is 361. The van der Waals surface area contributed by atoms with Crippen LogP contribution in [0.1, 0.15) is 30.7 Å². The quantitative estimate of drug-likeness (QED) is 0.733. The first-order valence-electron chi connectivity index (χ1n) is 5.33. The van der Waals surface area contributed by atoms with E-state index < -0.39 is 0 Å². The highest BCUT2D eigenvalue weighted by Crippen LogP contribution is 2.48. The summed E-state index contributed by atoms with van der Waals surface area (Å²) >= 11 is 0. The van der Waals surface area contributed by atoms with Crippen molar-refractivity contribution in [2.45, 2.75) is 31.2 Å². The summed E-state index contributed by atoms with van der Waals surface area (Å²) in [5.41, 5.74) is 2.71. The maximum atomic E-state index is 5.36. The lowest BCUT2D eigenvalue weighted by molar-refractivity contribution is 0.416. The predicted octanol–water partition coefficient (Wildman–Crippen LogP) is 2.76. The van der Waals surface area contributed by atoms with Gasteiger partial charge in [-0.05, 0) is 24.5 Å². The fraction of sp³-hybridized carbons (Fsp3) is 0.500. The SMILES string of the molecule is COc1cccc2c1NC1CCCC21. The normalized spacial score (nSPS) is 28.1. The van der Waals surface area contributed by atoms with Crippen LogP contribution in [0.25, 0.3) is 0 Å². The fourth-order valence-electron chi connectivity index (χ4n) is 2.87. The fourth-order valence-corrected chi connectivity index (χ4v) is 2.87. The topological polar surface area (TPSA) is 21.3 Å². The van der Waals surface area contributed by atoms with Crippen LogP contribution in [0.4, 0.5) is 5.69 Å². The lowest BCUT2D eigenvalue weighted by Crippen LogP contribution is -2.13. The first-order valence-corrected chi connectivity index (χ1v) is 5.33. The van der Waals surface area contributed by atoms with Gasteiger partial charge in [0.05, 0.1) is 12.8 Å². The summed E-state index contributed by atoms with van der Waals surface area (Å²) in [6.45, 7) is 0. The van der Waals surface area contributed by atoms with E-state index >= 15 is 0 Å². The van der Waals surface area contributed by atoms with Crippen molar-refractivity contribution in [3.63, 3.8) is 0 Å². The maximum Gasteiger partial charge on any atom is 0.142 e. The third-order valence-electron chi connectivity index (χ3n) is 3.52. The monoisotopic (exact) mass is 189 g/mol. The first-order chi connectivity index (χ1) is 6.90. The van der Waals surface area contributed by atoms with Crippen molar-refractivity contribution >= 4 is 5.69 Å². The van der Waals surface area contributed by atoms with Crippen molar-refractivity contribution in [1.29, 1.82) is 0 Å². The second-order valence-corrected chi connectivity index (χ2v) is 4.21. The lowest BCUT2D eigenvalue weighted by Gasteiger charge is -2.09. The molecule has 0 spiro atoms. The molecule has 0 saturated heterocycles. The molecule has 0 bridgehead atoms. The van der Waals surface area contributed by atoms with Gasteiger partial charge in [0.15, 0.2) is 0 Å². The molecule has 1 saturated carbocycles. The number of para-hydroxylation sites is 1. The average Bonchev–Trinajstić information content (AvgIpc) is 2.76. The Kier molecular flexibility index (Phi) is 1.69. The van der Waals surface area contributed by atoms with E-state index in [1.54, 1.807) is 7.11 Å². The van der Waals surface area contributed by atoms with Crippen molar-refractivity contribution in [3.8, 4) is 5.75 Å². The third kappa shape index (κ3) is 0.969. The summed E-state index contributed by atoms with van der Waals surface area (Å²) in [5.74, 6) is 1.73. The Morgan fingerprint density at radius 1 is 1.36 bits per heavy atom. The molecule has 2 heteroatoms. The smallest absolute Gasteiger partial charge is 0.142 e. The van der Waals surface area contributed by atoms with Crippen molar-refractivity contribution in [3.05, 3.63) is 23.8 Å². The molecule has 74 valence electrons. The molecule has 2 unspecified atom stereocenters. The van der Waals surface area contributed by atoms with Crippen LogP contribution in [0, 0.1) is 0 Å². The summed E-state index contributed by atoms with van der Waals surface area (Å²) in [6.07, 6.45) is 4.00. The summed E-state index contributed by atoms with van der Waals surface area (Å²) < 4.78 is 5.36. The zero-order chi connectivity index (χ0) is 9.54. The molecule has 0 radical (unpaired) electrons. The van der Waals surface area contributed by atoms with Crippen LogP contribution in [0.5, 0.6) is 5.75 Å². The van der Waals surface area contributed by atoms with Crippen LogP contribution >= 0.6 is 0 Å². The number of benzene rings is 1. The maximum absolute atomic E-state index is 5.36. The number of rotatable bonds is 1. The molecule has 2 nitrogen and oxygen atoms in total. The average molecular weight is 189 g/mol. The van der Waals surface area contributed by atoms with Gasteiger partial charge in [-0.1, -0.05) is 18.6 Å². The standard InChI is InChI=1S/C12H15NO/c1-14-11-7-3-5-9-8-4-2-6-10(8)13-12(9)11/h3,5,7-8,10,13H,2,4,6H2,1H3. The minimum atomic E-state index is 0.668. The van der Waals surface area contributed by atoms with E-state index in [0.717, 1.165) is 11.7 Å². The highest BCUT2D eigenvalue weighted by molar-refractivity contribution is 5.68. The number of fused-ring (bicyclic) bond motifs is 3. The van der Waals surface area contributed by atoms with Crippen LogP contribution in [0.15, 0.2) is 18.2 Å². The van der Waals surface area contributed by atoms with E-state index in [9.17, 15) is 0 Å². The van der Waals surface area contributed by atoms with Crippen molar-refractivity contribution < 1.29 is 4.74 Å². The molecule has 0 amide bonds. The number of methoxy groups -OCH3 is 1. The summed E-state index contributed by atoms with van der Waals surface area (Å²) in [7, 11) is 1.74. The minimum absolute atomic E-state index is 0.668. The number of ether oxygens (including phenoxy) is 1. The molecule has 2 aliphatic rings. The second kappa shape index (κ2) is 2.91. The van der Waals surface area contributed by atoms with Crippen LogP contribution < -0.4 is 10.1 Å². The molecule has 1 heterocycles. The van der Waals surface area contributed by atoms with Crippen LogP contribution in [0.3, 0.4) is 0 Å². The molecule has 1 aliphatic heterocycles. The Morgan fingerprint density at radius 2 is 2.29 bits per heavy atom. The molecule has 1 N–H and O–H groups in total. The molecule has 14 heavy (non-hydrogen) atoms. The van der Waals surface area contributed by atoms with E-state index in [0.29, 0.717) is 6.04 Å². The third-order valence-corrected chi connectivity index (χ3v) is 3.52. The Balaban J connectivity index is 2.08. The molecule has 3 rings (SSSR count). The van der Waals surface area contributed by atoms with E-state index in [-0.39, 0.29) is 0 Å². The van der Waals surface area contributed by atoms with Gasteiger partial charge < -0.3 is 10.1 Å². The van der Waals surface area contributed by atoms with Crippen molar-refractivity contribution in [2.24, 2.45) is 0 Å². The molecular weight excluding hydrogens is 174 g/mol. The number of anilines is 1. The van der Waals surface area contributed by atoms with Gasteiger partial charge in [-0.15, -0.1) is 0 Å². The summed E-state index contributed by atoms with van der Waals surface area (Å²) in [5, 5.41) is 3.59. The van der Waals surface area contributed by atoms with E-state index in [1.165, 1.54) is 30.5 Å². The molecule has 1 aliphatic carbocycles. The highest BCUT2D eigenvalue weighted by Gasteiger charge is 2.36. The first kappa shape index (κ1) is 8.16. The van der Waals surface area contributed by atoms with Crippen LogP contribution in [0.2, 0.25) is 0 Å². The Labute approximate surface area is 84.3 Å². The molecule has 2 atom stereocenters. The predicted molar refractivity (Wildman–Crippen MR) is 57.0 cm³/mol. The largest absolute Gasteiger partial charge is 0.495 e. The number of nitrogens with one attached hydrogen (secondary N) is 1. The molecule has 1 aromatic rings. The van der Waals surface area contributed by atoms with Gasteiger partial charge in [-0.2, -0.15) is 0 Å². The number of hydrogen-bond donors (Lipinski definition) is 1. The van der Waals surface area contributed by atoms with Crippen molar-refractivity contribution in [2.75, 3.05) is 12.4 Å². The van der Waals surface area contributed by atoms with Gasteiger partial charge in [0, 0.05) is 12.0 Å². The minimum Gasteiger partial charge on any atom is -0.495 e. The Hall–Kier alpha value is -1.18. The summed E-state index contributed by atoms with van der Waals surface area (Å²) in [4.78, 5) is 0. The van der Waals surface area contributed by atoms with Gasteiger partial charge in [0.1, 0.15) is 5.75 Å². The van der Waals surface area contributed by atoms with E-state index in [4.69, 9.17) is 4.74 Å². The highest BCUT2D eigenvalue weighted by atomic mass is 16.5. The van der Waals surface area contributed by atoms with Crippen LogP contribution in [-0.2, 0) is 0 Å². The van der Waals surface area contributed by atoms with E-state index in [2.05, 4.69) is 17.4 Å². The molecule has 0 aromatic heterocycles. The lowest BCUT2D eigenvalue weighted by atomic mass is 9.97. The number of hydrogen-bond acceptors (Lipinski definition) is 2. The zero-order valence-electron chi connectivity index (χ0n) is 8.42. The molecular formula is C12H15NO.